The van der Waals surface area contributed by atoms with Crippen molar-refractivity contribution in [2.45, 2.75) is 12.3 Å². The number of benzene rings is 2. The molecule has 1 fully saturated rings. The van der Waals surface area contributed by atoms with Crippen molar-refractivity contribution < 1.29 is 9.53 Å². The average molecular weight is 348 g/mol. The summed E-state index contributed by atoms with van der Waals surface area (Å²) in [6, 6.07) is 15.5. The van der Waals surface area contributed by atoms with Crippen LogP contribution in [0.2, 0.25) is 0 Å². The molecule has 1 atom stereocenters. The Labute approximate surface area is 152 Å². The zero-order chi connectivity index (χ0) is 17.9. The molecule has 0 radical (unpaired) electrons. The first kappa shape index (κ1) is 16.3. The van der Waals surface area contributed by atoms with E-state index in [0.29, 0.717) is 12.1 Å². The lowest BCUT2D eigenvalue weighted by molar-refractivity contribution is 0.0790. The zero-order valence-electron chi connectivity index (χ0n) is 14.6. The molecule has 0 unspecified atom stereocenters. The van der Waals surface area contributed by atoms with Crippen LogP contribution in [0.4, 0.5) is 0 Å². The largest absolute Gasteiger partial charge is 0.496 e. The number of para-hydroxylation sites is 2. The van der Waals surface area contributed by atoms with Crippen molar-refractivity contribution in [3.63, 3.8) is 0 Å². The fraction of sp³-hybridized carbons (Fsp3) is 0.250. The van der Waals surface area contributed by atoms with Gasteiger partial charge in [0.15, 0.2) is 0 Å². The Bertz CT molecular complexity index is 908. The van der Waals surface area contributed by atoms with E-state index in [2.05, 4.69) is 16.4 Å². The number of methoxy groups -OCH3 is 1. The molecule has 3 aromatic rings. The molecule has 0 aliphatic carbocycles. The first-order valence-electron chi connectivity index (χ1n) is 8.66. The number of likely N-dealkylation sites (tertiary alicyclic amines) is 1. The molecule has 132 valence electrons. The number of ether oxygens (including phenoxy) is 1. The highest BCUT2D eigenvalue weighted by atomic mass is 16.5. The second-order valence-electron chi connectivity index (χ2n) is 6.34. The highest BCUT2D eigenvalue weighted by Gasteiger charge is 2.30. The highest BCUT2D eigenvalue weighted by Crippen LogP contribution is 2.34. The Hall–Kier alpha value is -3.15. The van der Waals surface area contributed by atoms with Gasteiger partial charge in [0, 0.05) is 19.0 Å². The molecule has 1 saturated heterocycles. The maximum atomic E-state index is 13.1. The zero-order valence-corrected chi connectivity index (χ0v) is 14.6. The standard InChI is InChI=1S/C20H20N4O2/c1-26-19-9-5-3-6-16(19)15-10-12-23(14-15)20(25)17-7-2-4-8-18(17)24-13-11-21-22-24/h2-9,11,13,15H,10,12,14H2,1H3/t15-/m1/s1. The molecular weight excluding hydrogens is 328 g/mol. The normalized spacial score (nSPS) is 16.7. The molecular formula is C20H20N4O2. The van der Waals surface area contributed by atoms with Crippen LogP contribution in [0.3, 0.4) is 0 Å². The van der Waals surface area contributed by atoms with Crippen LogP contribution in [0.15, 0.2) is 60.9 Å². The summed E-state index contributed by atoms with van der Waals surface area (Å²) >= 11 is 0. The van der Waals surface area contributed by atoms with Gasteiger partial charge in [-0.05, 0) is 30.2 Å². The molecule has 0 bridgehead atoms. The molecule has 4 rings (SSSR count). The van der Waals surface area contributed by atoms with Crippen molar-refractivity contribution in [1.29, 1.82) is 0 Å². The molecule has 2 heterocycles. The Kier molecular flexibility index (Phi) is 4.39. The van der Waals surface area contributed by atoms with Crippen LogP contribution in [0, 0.1) is 0 Å². The molecule has 0 spiro atoms. The summed E-state index contributed by atoms with van der Waals surface area (Å²) < 4.78 is 7.11. The van der Waals surface area contributed by atoms with Crippen molar-refractivity contribution in [3.05, 3.63) is 72.1 Å². The number of hydrogen-bond acceptors (Lipinski definition) is 4. The van der Waals surface area contributed by atoms with Crippen LogP contribution in [-0.4, -0.2) is 46.0 Å². The number of nitrogens with zero attached hydrogens (tertiary/aromatic N) is 4. The Morgan fingerprint density at radius 3 is 2.77 bits per heavy atom. The van der Waals surface area contributed by atoms with E-state index >= 15 is 0 Å². The van der Waals surface area contributed by atoms with Gasteiger partial charge in [0.05, 0.1) is 30.8 Å². The summed E-state index contributed by atoms with van der Waals surface area (Å²) in [4.78, 5) is 15.0. The first-order chi connectivity index (χ1) is 12.8. The first-order valence-corrected chi connectivity index (χ1v) is 8.66. The van der Waals surface area contributed by atoms with Gasteiger partial charge in [0.2, 0.25) is 0 Å². The Morgan fingerprint density at radius 1 is 1.15 bits per heavy atom. The van der Waals surface area contributed by atoms with Gasteiger partial charge in [-0.15, -0.1) is 5.10 Å². The molecule has 1 aliphatic rings. The van der Waals surface area contributed by atoms with Gasteiger partial charge >= 0.3 is 0 Å². The van der Waals surface area contributed by atoms with Crippen molar-refractivity contribution in [1.82, 2.24) is 19.9 Å². The Morgan fingerprint density at radius 2 is 1.96 bits per heavy atom. The third-order valence-corrected chi connectivity index (χ3v) is 4.86. The molecule has 2 aromatic carbocycles. The van der Waals surface area contributed by atoms with Crippen LogP contribution in [0.5, 0.6) is 5.75 Å². The van der Waals surface area contributed by atoms with E-state index in [1.807, 2.05) is 47.4 Å². The lowest BCUT2D eigenvalue weighted by Crippen LogP contribution is -2.29. The van der Waals surface area contributed by atoms with E-state index in [9.17, 15) is 4.79 Å². The van der Waals surface area contributed by atoms with Crippen LogP contribution in [0.1, 0.15) is 28.3 Å². The maximum Gasteiger partial charge on any atom is 0.256 e. The van der Waals surface area contributed by atoms with E-state index in [1.54, 1.807) is 24.2 Å². The van der Waals surface area contributed by atoms with E-state index in [0.717, 1.165) is 30.0 Å². The number of hydrogen-bond donors (Lipinski definition) is 0. The molecule has 1 aromatic heterocycles. The summed E-state index contributed by atoms with van der Waals surface area (Å²) in [5.41, 5.74) is 2.55. The second-order valence-corrected chi connectivity index (χ2v) is 6.34. The summed E-state index contributed by atoms with van der Waals surface area (Å²) in [7, 11) is 1.69. The van der Waals surface area contributed by atoms with E-state index in [4.69, 9.17) is 4.74 Å². The van der Waals surface area contributed by atoms with Crippen LogP contribution in [0.25, 0.3) is 5.69 Å². The highest BCUT2D eigenvalue weighted by molar-refractivity contribution is 5.98. The fourth-order valence-corrected chi connectivity index (χ4v) is 3.56. The number of rotatable bonds is 4. The van der Waals surface area contributed by atoms with Gasteiger partial charge < -0.3 is 9.64 Å². The van der Waals surface area contributed by atoms with Crippen LogP contribution >= 0.6 is 0 Å². The average Bonchev–Trinajstić information content (AvgIpc) is 3.39. The minimum Gasteiger partial charge on any atom is -0.496 e. The van der Waals surface area contributed by atoms with Gasteiger partial charge in [0.25, 0.3) is 5.91 Å². The molecule has 1 aliphatic heterocycles. The minimum atomic E-state index is 0.0218. The van der Waals surface area contributed by atoms with Gasteiger partial charge in [0.1, 0.15) is 5.75 Å². The lowest BCUT2D eigenvalue weighted by Gasteiger charge is -2.19. The monoisotopic (exact) mass is 348 g/mol. The van der Waals surface area contributed by atoms with Gasteiger partial charge in [-0.3, -0.25) is 4.79 Å². The lowest BCUT2D eigenvalue weighted by atomic mass is 9.97. The van der Waals surface area contributed by atoms with Crippen molar-refractivity contribution in [2.75, 3.05) is 20.2 Å². The molecule has 1 amide bonds. The molecule has 0 N–H and O–H groups in total. The molecule has 6 nitrogen and oxygen atoms in total. The number of carbonyl (C=O) groups is 1. The van der Waals surface area contributed by atoms with Crippen molar-refractivity contribution in [3.8, 4) is 11.4 Å². The summed E-state index contributed by atoms with van der Waals surface area (Å²) in [6.07, 6.45) is 4.28. The third-order valence-electron chi connectivity index (χ3n) is 4.86. The van der Waals surface area contributed by atoms with Gasteiger partial charge in [-0.1, -0.05) is 35.5 Å². The Balaban J connectivity index is 1.58. The summed E-state index contributed by atoms with van der Waals surface area (Å²) in [5.74, 6) is 1.19. The van der Waals surface area contributed by atoms with E-state index < -0.39 is 0 Å². The summed E-state index contributed by atoms with van der Waals surface area (Å²) in [5, 5.41) is 7.86. The number of amides is 1. The number of aromatic nitrogens is 3. The SMILES string of the molecule is COc1ccccc1[C@@H]1CCN(C(=O)c2ccccc2-n2ccnn2)C1. The van der Waals surface area contributed by atoms with Crippen LogP contribution < -0.4 is 4.74 Å². The molecule has 6 heteroatoms. The second kappa shape index (κ2) is 7.00. The topological polar surface area (TPSA) is 60.2 Å². The van der Waals surface area contributed by atoms with Crippen molar-refractivity contribution >= 4 is 5.91 Å². The van der Waals surface area contributed by atoms with E-state index in [1.165, 1.54) is 0 Å². The molecule has 0 saturated carbocycles. The summed E-state index contributed by atoms with van der Waals surface area (Å²) in [6.45, 7) is 1.41. The van der Waals surface area contributed by atoms with E-state index in [-0.39, 0.29) is 11.8 Å². The van der Waals surface area contributed by atoms with Crippen molar-refractivity contribution in [2.24, 2.45) is 0 Å². The molecule has 26 heavy (non-hydrogen) atoms. The quantitative estimate of drug-likeness (QED) is 0.727. The van der Waals surface area contributed by atoms with Crippen LogP contribution in [-0.2, 0) is 0 Å². The van der Waals surface area contributed by atoms with Gasteiger partial charge in [-0.2, -0.15) is 0 Å². The fourth-order valence-electron chi connectivity index (χ4n) is 3.56. The maximum absolute atomic E-state index is 13.1. The minimum absolute atomic E-state index is 0.0218. The van der Waals surface area contributed by atoms with Gasteiger partial charge in [-0.25, -0.2) is 4.68 Å². The smallest absolute Gasteiger partial charge is 0.256 e. The predicted molar refractivity (Wildman–Crippen MR) is 97.6 cm³/mol. The number of carbonyl (C=O) groups excluding carboxylic acids is 1. The predicted octanol–water partition coefficient (Wildman–Crippen LogP) is 2.91. The third kappa shape index (κ3) is 2.94.